The standard InChI is InChI=1S/C15H20N4O3/c1-4-5-7-10(2)16-14-12(15-17-11(3)18-22-15)8-6-9-13(14)19(20)21/h6,8-10,16H,4-5,7H2,1-3H3/t10-/m0/s1. The molecule has 7 nitrogen and oxygen atoms in total. The molecule has 0 aliphatic heterocycles. The second-order valence-corrected chi connectivity index (χ2v) is 5.29. The monoisotopic (exact) mass is 304 g/mol. The van der Waals surface area contributed by atoms with Crippen LogP contribution in [0.25, 0.3) is 11.5 Å². The van der Waals surface area contributed by atoms with E-state index in [9.17, 15) is 10.1 Å². The molecule has 1 heterocycles. The summed E-state index contributed by atoms with van der Waals surface area (Å²) in [6, 6.07) is 4.95. The lowest BCUT2D eigenvalue weighted by atomic mass is 10.1. The van der Waals surface area contributed by atoms with E-state index in [4.69, 9.17) is 4.52 Å². The SMILES string of the molecule is CCCC[C@H](C)Nc1c(-c2nc(C)no2)cccc1[N+](=O)[O-]. The Morgan fingerprint density at radius 1 is 1.45 bits per heavy atom. The first-order valence-corrected chi connectivity index (χ1v) is 7.37. The molecule has 0 saturated carbocycles. The molecule has 0 amide bonds. The van der Waals surface area contributed by atoms with Gasteiger partial charge in [0.05, 0.1) is 10.5 Å². The van der Waals surface area contributed by atoms with Gasteiger partial charge < -0.3 is 9.84 Å². The van der Waals surface area contributed by atoms with Crippen molar-refractivity contribution < 1.29 is 9.45 Å². The smallest absolute Gasteiger partial charge is 0.293 e. The van der Waals surface area contributed by atoms with Gasteiger partial charge in [-0.3, -0.25) is 10.1 Å². The number of aromatic nitrogens is 2. The minimum Gasteiger partial charge on any atom is -0.376 e. The molecule has 1 atom stereocenters. The lowest BCUT2D eigenvalue weighted by molar-refractivity contribution is -0.383. The Morgan fingerprint density at radius 3 is 2.82 bits per heavy atom. The maximum atomic E-state index is 11.3. The van der Waals surface area contributed by atoms with E-state index in [0.29, 0.717) is 17.1 Å². The molecular formula is C15H20N4O3. The largest absolute Gasteiger partial charge is 0.376 e. The zero-order valence-electron chi connectivity index (χ0n) is 13.0. The lowest BCUT2D eigenvalue weighted by Gasteiger charge is -2.16. The van der Waals surface area contributed by atoms with E-state index < -0.39 is 4.92 Å². The Bertz CT molecular complexity index is 654. The van der Waals surface area contributed by atoms with Gasteiger partial charge in [-0.1, -0.05) is 31.0 Å². The van der Waals surface area contributed by atoms with E-state index in [1.54, 1.807) is 19.1 Å². The van der Waals surface area contributed by atoms with Crippen molar-refractivity contribution in [3.05, 3.63) is 34.1 Å². The van der Waals surface area contributed by atoms with Crippen LogP contribution in [-0.2, 0) is 0 Å². The molecule has 0 saturated heterocycles. The molecule has 0 radical (unpaired) electrons. The predicted molar refractivity (Wildman–Crippen MR) is 83.7 cm³/mol. The normalized spacial score (nSPS) is 12.1. The van der Waals surface area contributed by atoms with Gasteiger partial charge in [0.15, 0.2) is 5.82 Å². The summed E-state index contributed by atoms with van der Waals surface area (Å²) in [6.07, 6.45) is 3.08. The van der Waals surface area contributed by atoms with Crippen LogP contribution in [0.1, 0.15) is 38.9 Å². The number of nitrogens with zero attached hydrogens (tertiary/aromatic N) is 3. The summed E-state index contributed by atoms with van der Waals surface area (Å²) in [5, 5.41) is 18.3. The highest BCUT2D eigenvalue weighted by molar-refractivity contribution is 5.80. The topological polar surface area (TPSA) is 94.1 Å². The van der Waals surface area contributed by atoms with Crippen LogP contribution in [-0.4, -0.2) is 21.1 Å². The number of nitro benzene ring substituents is 1. The molecule has 0 fully saturated rings. The molecule has 118 valence electrons. The summed E-state index contributed by atoms with van der Waals surface area (Å²) in [7, 11) is 0. The molecule has 2 rings (SSSR count). The average Bonchev–Trinajstić information content (AvgIpc) is 2.91. The molecule has 2 aromatic rings. The van der Waals surface area contributed by atoms with Crippen molar-refractivity contribution in [1.82, 2.24) is 10.1 Å². The number of hydrogen-bond donors (Lipinski definition) is 1. The number of aryl methyl sites for hydroxylation is 1. The molecule has 0 spiro atoms. The summed E-state index contributed by atoms with van der Waals surface area (Å²) >= 11 is 0. The van der Waals surface area contributed by atoms with Crippen molar-refractivity contribution in [3.8, 4) is 11.5 Å². The van der Waals surface area contributed by atoms with Gasteiger partial charge in [0.1, 0.15) is 5.69 Å². The molecule has 0 unspecified atom stereocenters. The van der Waals surface area contributed by atoms with Crippen molar-refractivity contribution in [2.45, 2.75) is 46.1 Å². The first-order valence-electron chi connectivity index (χ1n) is 7.37. The van der Waals surface area contributed by atoms with E-state index in [2.05, 4.69) is 22.4 Å². The number of para-hydroxylation sites is 1. The zero-order chi connectivity index (χ0) is 16.1. The summed E-state index contributed by atoms with van der Waals surface area (Å²) < 4.78 is 5.16. The Morgan fingerprint density at radius 2 is 2.23 bits per heavy atom. The number of hydrogen-bond acceptors (Lipinski definition) is 6. The number of rotatable bonds is 7. The highest BCUT2D eigenvalue weighted by Gasteiger charge is 2.22. The Labute approximate surface area is 128 Å². The van der Waals surface area contributed by atoms with E-state index in [1.807, 2.05) is 6.92 Å². The second kappa shape index (κ2) is 7.02. The van der Waals surface area contributed by atoms with Crippen molar-refractivity contribution >= 4 is 11.4 Å². The van der Waals surface area contributed by atoms with Gasteiger partial charge in [0.2, 0.25) is 0 Å². The van der Waals surface area contributed by atoms with Crippen LogP contribution in [0.2, 0.25) is 0 Å². The third kappa shape index (κ3) is 3.60. The predicted octanol–water partition coefficient (Wildman–Crippen LogP) is 3.94. The fourth-order valence-corrected chi connectivity index (χ4v) is 2.26. The van der Waals surface area contributed by atoms with Gasteiger partial charge in [-0.25, -0.2) is 0 Å². The van der Waals surface area contributed by atoms with Crippen molar-refractivity contribution in [1.29, 1.82) is 0 Å². The van der Waals surface area contributed by atoms with Crippen LogP contribution < -0.4 is 5.32 Å². The van der Waals surface area contributed by atoms with Gasteiger partial charge >= 0.3 is 0 Å². The van der Waals surface area contributed by atoms with Gasteiger partial charge in [0.25, 0.3) is 11.6 Å². The molecule has 7 heteroatoms. The van der Waals surface area contributed by atoms with E-state index in [0.717, 1.165) is 19.3 Å². The van der Waals surface area contributed by atoms with Crippen LogP contribution >= 0.6 is 0 Å². The number of unbranched alkanes of at least 4 members (excludes halogenated alkanes) is 1. The fraction of sp³-hybridized carbons (Fsp3) is 0.467. The third-order valence-electron chi connectivity index (χ3n) is 3.38. The van der Waals surface area contributed by atoms with E-state index >= 15 is 0 Å². The first-order chi connectivity index (χ1) is 10.5. The number of anilines is 1. The van der Waals surface area contributed by atoms with Crippen molar-refractivity contribution in [2.75, 3.05) is 5.32 Å². The van der Waals surface area contributed by atoms with Crippen LogP contribution in [0.3, 0.4) is 0 Å². The Balaban J connectivity index is 2.41. The summed E-state index contributed by atoms with van der Waals surface area (Å²) in [5.41, 5.74) is 0.995. The van der Waals surface area contributed by atoms with Crippen LogP contribution in [0.15, 0.2) is 22.7 Å². The zero-order valence-corrected chi connectivity index (χ0v) is 13.0. The summed E-state index contributed by atoms with van der Waals surface area (Å²) in [4.78, 5) is 15.1. The maximum absolute atomic E-state index is 11.3. The van der Waals surface area contributed by atoms with Gasteiger partial charge in [-0.15, -0.1) is 0 Å². The van der Waals surface area contributed by atoms with Gasteiger partial charge in [-0.05, 0) is 26.3 Å². The minimum atomic E-state index is -0.401. The van der Waals surface area contributed by atoms with Gasteiger partial charge in [-0.2, -0.15) is 4.98 Å². The van der Waals surface area contributed by atoms with Crippen molar-refractivity contribution in [3.63, 3.8) is 0 Å². The van der Waals surface area contributed by atoms with E-state index in [1.165, 1.54) is 6.07 Å². The molecular weight excluding hydrogens is 284 g/mol. The minimum absolute atomic E-state index is 0.0108. The highest BCUT2D eigenvalue weighted by atomic mass is 16.6. The number of nitrogens with one attached hydrogen (secondary N) is 1. The summed E-state index contributed by atoms with van der Waals surface area (Å²) in [6.45, 7) is 5.83. The summed E-state index contributed by atoms with van der Waals surface area (Å²) in [5.74, 6) is 0.776. The number of nitro groups is 1. The average molecular weight is 304 g/mol. The molecule has 1 N–H and O–H groups in total. The molecule has 0 aliphatic carbocycles. The molecule has 0 aliphatic rings. The Kier molecular flexibility index (Phi) is 5.08. The second-order valence-electron chi connectivity index (χ2n) is 5.29. The van der Waals surface area contributed by atoms with Gasteiger partial charge in [0, 0.05) is 12.1 Å². The highest BCUT2D eigenvalue weighted by Crippen LogP contribution is 2.35. The molecule has 22 heavy (non-hydrogen) atoms. The Hall–Kier alpha value is -2.44. The molecule has 0 bridgehead atoms. The quantitative estimate of drug-likeness (QED) is 0.615. The fourth-order valence-electron chi connectivity index (χ4n) is 2.26. The first kappa shape index (κ1) is 15.9. The number of benzene rings is 1. The van der Waals surface area contributed by atoms with Crippen LogP contribution in [0.5, 0.6) is 0 Å². The van der Waals surface area contributed by atoms with Crippen molar-refractivity contribution in [2.24, 2.45) is 0 Å². The third-order valence-corrected chi connectivity index (χ3v) is 3.38. The van der Waals surface area contributed by atoms with Crippen LogP contribution in [0, 0.1) is 17.0 Å². The van der Waals surface area contributed by atoms with E-state index in [-0.39, 0.29) is 17.6 Å². The lowest BCUT2D eigenvalue weighted by Crippen LogP contribution is -2.16. The molecule has 1 aromatic carbocycles. The van der Waals surface area contributed by atoms with Crippen LogP contribution in [0.4, 0.5) is 11.4 Å². The molecule has 1 aromatic heterocycles. The maximum Gasteiger partial charge on any atom is 0.293 e.